The van der Waals surface area contributed by atoms with E-state index in [-0.39, 0.29) is 6.04 Å². The lowest BCUT2D eigenvalue weighted by molar-refractivity contribution is 0.910. The zero-order valence-electron chi connectivity index (χ0n) is 9.85. The molecular weight excluding hydrogens is 321 g/mol. The van der Waals surface area contributed by atoms with E-state index in [9.17, 15) is 0 Å². The summed E-state index contributed by atoms with van der Waals surface area (Å²) in [6, 6.07) is 7.73. The number of hydrogen-bond acceptors (Lipinski definition) is 5. The minimum atomic E-state index is 0.113. The molecule has 0 fully saturated rings. The first kappa shape index (κ1) is 13.1. The SMILES string of the molecule is CC(Nc1c(Cl)ccc2nsnc12)c1ccc(Cl)s1. The Labute approximate surface area is 128 Å². The minimum absolute atomic E-state index is 0.113. The van der Waals surface area contributed by atoms with Crippen LogP contribution in [0.3, 0.4) is 0 Å². The monoisotopic (exact) mass is 329 g/mol. The Balaban J connectivity index is 1.96. The molecule has 0 saturated heterocycles. The summed E-state index contributed by atoms with van der Waals surface area (Å²) in [7, 11) is 0. The standard InChI is InChI=1S/C12H9Cl2N3S2/c1-6(9-4-5-10(14)18-9)15-11-7(13)2-3-8-12(11)17-19-16-8/h2-6,15H,1H3. The maximum absolute atomic E-state index is 6.25. The van der Waals surface area contributed by atoms with Crippen LogP contribution in [0.25, 0.3) is 11.0 Å². The first-order valence-electron chi connectivity index (χ1n) is 5.57. The highest BCUT2D eigenvalue weighted by molar-refractivity contribution is 7.16. The molecule has 0 aliphatic heterocycles. The Kier molecular flexibility index (Phi) is 3.62. The largest absolute Gasteiger partial charge is 0.375 e. The van der Waals surface area contributed by atoms with Crippen LogP contribution in [-0.2, 0) is 0 Å². The number of fused-ring (bicyclic) bond motifs is 1. The van der Waals surface area contributed by atoms with E-state index < -0.39 is 0 Å². The van der Waals surface area contributed by atoms with Crippen molar-refractivity contribution in [3.8, 4) is 0 Å². The molecule has 1 atom stereocenters. The number of thiophene rings is 1. The molecule has 1 N–H and O–H groups in total. The summed E-state index contributed by atoms with van der Waals surface area (Å²) < 4.78 is 9.29. The lowest BCUT2D eigenvalue weighted by atomic mass is 10.2. The van der Waals surface area contributed by atoms with Crippen molar-refractivity contribution >= 4 is 63.0 Å². The molecule has 0 aliphatic rings. The molecule has 19 heavy (non-hydrogen) atoms. The number of rotatable bonds is 3. The maximum Gasteiger partial charge on any atom is 0.129 e. The van der Waals surface area contributed by atoms with Crippen LogP contribution in [0.4, 0.5) is 5.69 Å². The molecule has 1 unspecified atom stereocenters. The number of hydrogen-bond donors (Lipinski definition) is 1. The molecule has 0 bridgehead atoms. The molecule has 2 aromatic heterocycles. The highest BCUT2D eigenvalue weighted by Gasteiger charge is 2.14. The van der Waals surface area contributed by atoms with Gasteiger partial charge in [-0.05, 0) is 31.2 Å². The topological polar surface area (TPSA) is 37.8 Å². The van der Waals surface area contributed by atoms with Crippen LogP contribution in [0.15, 0.2) is 24.3 Å². The zero-order valence-corrected chi connectivity index (χ0v) is 13.0. The van der Waals surface area contributed by atoms with E-state index in [1.165, 1.54) is 11.7 Å². The summed E-state index contributed by atoms with van der Waals surface area (Å²) in [5.41, 5.74) is 2.49. The third kappa shape index (κ3) is 2.56. The predicted octanol–water partition coefficient (Wildman–Crippen LogP) is 5.23. The molecule has 3 aromatic rings. The molecule has 0 radical (unpaired) electrons. The third-order valence-electron chi connectivity index (χ3n) is 2.76. The fraction of sp³-hybridized carbons (Fsp3) is 0.167. The van der Waals surface area contributed by atoms with Gasteiger partial charge in [-0.2, -0.15) is 8.75 Å². The molecule has 0 spiro atoms. The second kappa shape index (κ2) is 5.25. The van der Waals surface area contributed by atoms with Gasteiger partial charge in [0.05, 0.1) is 32.8 Å². The van der Waals surface area contributed by atoms with E-state index in [0.717, 1.165) is 25.9 Å². The Bertz CT molecular complexity index is 723. The van der Waals surface area contributed by atoms with Crippen LogP contribution in [0.1, 0.15) is 17.8 Å². The number of benzene rings is 1. The third-order valence-corrected chi connectivity index (χ3v) is 5.03. The van der Waals surface area contributed by atoms with Crippen molar-refractivity contribution in [2.24, 2.45) is 0 Å². The van der Waals surface area contributed by atoms with Gasteiger partial charge in [-0.1, -0.05) is 23.2 Å². The van der Waals surface area contributed by atoms with Crippen molar-refractivity contribution in [3.63, 3.8) is 0 Å². The van der Waals surface area contributed by atoms with Crippen LogP contribution >= 0.6 is 46.3 Å². The number of nitrogens with one attached hydrogen (secondary N) is 1. The maximum atomic E-state index is 6.25. The van der Waals surface area contributed by atoms with Crippen LogP contribution in [-0.4, -0.2) is 8.75 Å². The number of aromatic nitrogens is 2. The average Bonchev–Trinajstić information content (AvgIpc) is 3.01. The van der Waals surface area contributed by atoms with Crippen molar-refractivity contribution in [3.05, 3.63) is 38.5 Å². The smallest absolute Gasteiger partial charge is 0.129 e. The molecule has 0 amide bonds. The number of anilines is 1. The molecule has 0 aliphatic carbocycles. The molecule has 1 aromatic carbocycles. The van der Waals surface area contributed by atoms with Gasteiger partial charge in [0.15, 0.2) is 0 Å². The fourth-order valence-electron chi connectivity index (χ4n) is 1.81. The van der Waals surface area contributed by atoms with Crippen LogP contribution in [0.5, 0.6) is 0 Å². The van der Waals surface area contributed by atoms with Gasteiger partial charge in [0.2, 0.25) is 0 Å². The first-order chi connectivity index (χ1) is 9.15. The quantitative estimate of drug-likeness (QED) is 0.714. The summed E-state index contributed by atoms with van der Waals surface area (Å²) in [6.07, 6.45) is 0. The molecular formula is C12H9Cl2N3S2. The van der Waals surface area contributed by atoms with Gasteiger partial charge in [-0.25, -0.2) is 0 Å². The van der Waals surface area contributed by atoms with Crippen molar-refractivity contribution in [1.29, 1.82) is 0 Å². The summed E-state index contributed by atoms with van der Waals surface area (Å²) in [6.45, 7) is 2.07. The normalized spacial score (nSPS) is 12.8. The summed E-state index contributed by atoms with van der Waals surface area (Å²) >= 11 is 14.9. The van der Waals surface area contributed by atoms with E-state index >= 15 is 0 Å². The van der Waals surface area contributed by atoms with Gasteiger partial charge in [0, 0.05) is 4.88 Å². The highest BCUT2D eigenvalue weighted by atomic mass is 35.5. The van der Waals surface area contributed by atoms with Crippen LogP contribution < -0.4 is 5.32 Å². The molecule has 98 valence electrons. The zero-order chi connectivity index (χ0) is 13.4. The van der Waals surface area contributed by atoms with Gasteiger partial charge in [0.1, 0.15) is 11.0 Å². The second-order valence-corrected chi connectivity index (χ2v) is 6.74. The van der Waals surface area contributed by atoms with E-state index in [2.05, 4.69) is 21.0 Å². The Hall–Kier alpha value is -0.880. The van der Waals surface area contributed by atoms with E-state index in [0.29, 0.717) is 5.02 Å². The minimum Gasteiger partial charge on any atom is -0.375 e. The van der Waals surface area contributed by atoms with Gasteiger partial charge in [-0.15, -0.1) is 11.3 Å². The lowest BCUT2D eigenvalue weighted by Gasteiger charge is -2.15. The summed E-state index contributed by atoms with van der Waals surface area (Å²) in [4.78, 5) is 1.15. The van der Waals surface area contributed by atoms with E-state index in [4.69, 9.17) is 23.2 Å². The summed E-state index contributed by atoms with van der Waals surface area (Å²) in [5.74, 6) is 0. The van der Waals surface area contributed by atoms with Crippen molar-refractivity contribution in [2.45, 2.75) is 13.0 Å². The Morgan fingerprint density at radius 2 is 2.00 bits per heavy atom. The highest BCUT2D eigenvalue weighted by Crippen LogP contribution is 2.34. The van der Waals surface area contributed by atoms with Crippen molar-refractivity contribution < 1.29 is 0 Å². The van der Waals surface area contributed by atoms with Crippen LogP contribution in [0, 0.1) is 0 Å². The fourth-order valence-corrected chi connectivity index (χ4v) is 3.63. The van der Waals surface area contributed by atoms with Crippen LogP contribution in [0.2, 0.25) is 9.36 Å². The Morgan fingerprint density at radius 3 is 2.74 bits per heavy atom. The molecule has 3 rings (SSSR count). The predicted molar refractivity (Wildman–Crippen MR) is 83.8 cm³/mol. The lowest BCUT2D eigenvalue weighted by Crippen LogP contribution is -2.05. The molecule has 3 nitrogen and oxygen atoms in total. The average molecular weight is 330 g/mol. The number of nitrogens with zero attached hydrogens (tertiary/aromatic N) is 2. The molecule has 7 heteroatoms. The van der Waals surface area contributed by atoms with E-state index in [1.54, 1.807) is 11.3 Å². The molecule has 0 saturated carbocycles. The van der Waals surface area contributed by atoms with E-state index in [1.807, 2.05) is 24.3 Å². The number of halogens is 2. The van der Waals surface area contributed by atoms with Gasteiger partial charge in [0.25, 0.3) is 0 Å². The Morgan fingerprint density at radius 1 is 1.16 bits per heavy atom. The van der Waals surface area contributed by atoms with Crippen molar-refractivity contribution in [2.75, 3.05) is 5.32 Å². The van der Waals surface area contributed by atoms with Crippen molar-refractivity contribution in [1.82, 2.24) is 8.75 Å². The van der Waals surface area contributed by atoms with Gasteiger partial charge < -0.3 is 5.32 Å². The molecule has 2 heterocycles. The first-order valence-corrected chi connectivity index (χ1v) is 7.88. The van der Waals surface area contributed by atoms with Gasteiger partial charge in [-0.3, -0.25) is 0 Å². The second-order valence-electron chi connectivity index (χ2n) is 4.06. The summed E-state index contributed by atoms with van der Waals surface area (Å²) in [5, 5.41) is 4.04. The van der Waals surface area contributed by atoms with Gasteiger partial charge >= 0.3 is 0 Å².